The summed E-state index contributed by atoms with van der Waals surface area (Å²) >= 11 is 0. The minimum Gasteiger partial charge on any atom is -0.298 e. The summed E-state index contributed by atoms with van der Waals surface area (Å²) in [4.78, 5) is 22.6. The van der Waals surface area contributed by atoms with E-state index in [1.54, 1.807) is 0 Å². The molecule has 0 heterocycles. The Bertz CT molecular complexity index is 274. The normalized spacial score (nSPS) is 14.8. The first kappa shape index (κ1) is 20.4. The number of carbonyl (C=O) groups excluding carboxylic acids is 1. The standard InChI is InChI=1S/C18H36O3/c1-7-10-11-14-18(5,6)21-20-17(19)16(9-3)13-12-15(4)8-2/h15-16H,7-14H2,1-6H3. The van der Waals surface area contributed by atoms with Gasteiger partial charge < -0.3 is 0 Å². The van der Waals surface area contributed by atoms with E-state index in [0.717, 1.165) is 38.5 Å². The smallest absolute Gasteiger partial charge is 0.298 e. The van der Waals surface area contributed by atoms with Crippen LogP contribution >= 0.6 is 0 Å². The van der Waals surface area contributed by atoms with Gasteiger partial charge in [0.1, 0.15) is 5.60 Å². The van der Waals surface area contributed by atoms with Crippen molar-refractivity contribution in [2.45, 2.75) is 98.5 Å². The van der Waals surface area contributed by atoms with Gasteiger partial charge in [-0.05, 0) is 45.4 Å². The number of hydrogen-bond donors (Lipinski definition) is 0. The lowest BCUT2D eigenvalue weighted by molar-refractivity contribution is -0.329. The molecule has 0 saturated heterocycles. The van der Waals surface area contributed by atoms with Crippen molar-refractivity contribution >= 4 is 5.97 Å². The molecule has 0 radical (unpaired) electrons. The second-order valence-corrected chi connectivity index (χ2v) is 6.90. The molecule has 0 spiro atoms. The average molecular weight is 300 g/mol. The highest BCUT2D eigenvalue weighted by molar-refractivity contribution is 5.71. The van der Waals surface area contributed by atoms with Crippen molar-refractivity contribution in [1.29, 1.82) is 0 Å². The first-order valence-corrected chi connectivity index (χ1v) is 8.75. The summed E-state index contributed by atoms with van der Waals surface area (Å²) in [5.74, 6) is 0.424. The van der Waals surface area contributed by atoms with Crippen LogP contribution in [0.2, 0.25) is 0 Å². The molecule has 0 aromatic heterocycles. The molecule has 0 saturated carbocycles. The van der Waals surface area contributed by atoms with Gasteiger partial charge >= 0.3 is 5.97 Å². The van der Waals surface area contributed by atoms with Crippen LogP contribution in [0, 0.1) is 11.8 Å². The Labute approximate surface area is 131 Å². The van der Waals surface area contributed by atoms with Gasteiger partial charge in [0.25, 0.3) is 0 Å². The number of hydrogen-bond acceptors (Lipinski definition) is 3. The van der Waals surface area contributed by atoms with Crippen LogP contribution in [0.1, 0.15) is 92.9 Å². The lowest BCUT2D eigenvalue weighted by Crippen LogP contribution is -2.28. The van der Waals surface area contributed by atoms with Crippen molar-refractivity contribution in [2.24, 2.45) is 11.8 Å². The lowest BCUT2D eigenvalue weighted by Gasteiger charge is -2.24. The fraction of sp³-hybridized carbons (Fsp3) is 0.944. The molecule has 0 fully saturated rings. The van der Waals surface area contributed by atoms with Crippen molar-refractivity contribution in [1.82, 2.24) is 0 Å². The molecule has 0 aliphatic heterocycles. The molecular formula is C18H36O3. The largest absolute Gasteiger partial charge is 0.345 e. The van der Waals surface area contributed by atoms with Gasteiger partial charge in [-0.2, -0.15) is 4.89 Å². The van der Waals surface area contributed by atoms with Gasteiger partial charge in [-0.25, -0.2) is 4.79 Å². The summed E-state index contributed by atoms with van der Waals surface area (Å²) in [5.41, 5.74) is -0.389. The summed E-state index contributed by atoms with van der Waals surface area (Å²) in [5, 5.41) is 0. The molecular weight excluding hydrogens is 264 g/mol. The zero-order valence-electron chi connectivity index (χ0n) is 15.0. The van der Waals surface area contributed by atoms with Gasteiger partial charge in [0, 0.05) is 0 Å². The second-order valence-electron chi connectivity index (χ2n) is 6.90. The molecule has 0 aromatic carbocycles. The third-order valence-electron chi connectivity index (χ3n) is 4.26. The topological polar surface area (TPSA) is 35.5 Å². The van der Waals surface area contributed by atoms with Crippen molar-refractivity contribution in [2.75, 3.05) is 0 Å². The monoisotopic (exact) mass is 300 g/mol. The van der Waals surface area contributed by atoms with Gasteiger partial charge in [-0.1, -0.05) is 53.4 Å². The van der Waals surface area contributed by atoms with Crippen LogP contribution in [0.25, 0.3) is 0 Å². The molecule has 0 aromatic rings. The Kier molecular flexibility index (Phi) is 10.8. The summed E-state index contributed by atoms with van der Waals surface area (Å²) in [6, 6.07) is 0. The molecule has 3 nitrogen and oxygen atoms in total. The van der Waals surface area contributed by atoms with Crippen LogP contribution in [0.15, 0.2) is 0 Å². The van der Waals surface area contributed by atoms with Crippen molar-refractivity contribution in [3.8, 4) is 0 Å². The van der Waals surface area contributed by atoms with E-state index in [1.165, 1.54) is 12.8 Å². The van der Waals surface area contributed by atoms with E-state index >= 15 is 0 Å². The third-order valence-corrected chi connectivity index (χ3v) is 4.26. The fourth-order valence-electron chi connectivity index (χ4n) is 2.24. The van der Waals surface area contributed by atoms with Gasteiger partial charge in [-0.3, -0.25) is 4.89 Å². The van der Waals surface area contributed by atoms with E-state index in [0.29, 0.717) is 5.92 Å². The molecule has 2 atom stereocenters. The minimum absolute atomic E-state index is 0.0366. The molecule has 3 heteroatoms. The van der Waals surface area contributed by atoms with Crippen molar-refractivity contribution < 1.29 is 14.6 Å². The Hall–Kier alpha value is -0.570. The highest BCUT2D eigenvalue weighted by Crippen LogP contribution is 2.22. The van der Waals surface area contributed by atoms with E-state index in [4.69, 9.17) is 9.78 Å². The third kappa shape index (κ3) is 9.89. The van der Waals surface area contributed by atoms with Crippen LogP contribution in [0.4, 0.5) is 0 Å². The molecule has 0 N–H and O–H groups in total. The van der Waals surface area contributed by atoms with Crippen molar-refractivity contribution in [3.05, 3.63) is 0 Å². The van der Waals surface area contributed by atoms with Crippen molar-refractivity contribution in [3.63, 3.8) is 0 Å². The van der Waals surface area contributed by atoms with Crippen LogP contribution in [0.5, 0.6) is 0 Å². The van der Waals surface area contributed by atoms with E-state index in [2.05, 4.69) is 20.8 Å². The number of carbonyl (C=O) groups is 1. The van der Waals surface area contributed by atoms with E-state index in [9.17, 15) is 4.79 Å². The first-order valence-electron chi connectivity index (χ1n) is 8.75. The molecule has 0 aliphatic rings. The van der Waals surface area contributed by atoms with Gasteiger partial charge in [0.15, 0.2) is 0 Å². The Balaban J connectivity index is 4.13. The molecule has 2 unspecified atom stereocenters. The summed E-state index contributed by atoms with van der Waals surface area (Å²) < 4.78 is 0. The fourth-order valence-corrected chi connectivity index (χ4v) is 2.24. The first-order chi connectivity index (χ1) is 9.86. The van der Waals surface area contributed by atoms with Gasteiger partial charge in [0.2, 0.25) is 0 Å². The molecule has 126 valence electrons. The van der Waals surface area contributed by atoms with Gasteiger partial charge in [-0.15, -0.1) is 0 Å². The number of rotatable bonds is 12. The SMILES string of the molecule is CCCCCC(C)(C)OOC(=O)C(CC)CCC(C)CC. The molecule has 21 heavy (non-hydrogen) atoms. The quantitative estimate of drug-likeness (QED) is 0.264. The Morgan fingerprint density at radius 2 is 1.71 bits per heavy atom. The molecule has 0 rings (SSSR count). The maximum atomic E-state index is 12.1. The highest BCUT2D eigenvalue weighted by Gasteiger charge is 2.25. The Morgan fingerprint density at radius 1 is 1.05 bits per heavy atom. The molecule has 0 bridgehead atoms. The summed E-state index contributed by atoms with van der Waals surface area (Å²) in [7, 11) is 0. The summed E-state index contributed by atoms with van der Waals surface area (Å²) in [6.45, 7) is 12.6. The zero-order chi connectivity index (χ0) is 16.3. The van der Waals surface area contributed by atoms with E-state index in [1.807, 2.05) is 20.8 Å². The van der Waals surface area contributed by atoms with Crippen LogP contribution in [0.3, 0.4) is 0 Å². The maximum Gasteiger partial charge on any atom is 0.345 e. The summed E-state index contributed by atoms with van der Waals surface area (Å²) in [6.07, 6.45) is 8.33. The predicted molar refractivity (Wildman–Crippen MR) is 87.9 cm³/mol. The predicted octanol–water partition coefficient (Wildman–Crippen LogP) is 5.67. The average Bonchev–Trinajstić information content (AvgIpc) is 2.45. The van der Waals surface area contributed by atoms with Gasteiger partial charge in [0.05, 0.1) is 5.92 Å². The molecule has 0 amide bonds. The van der Waals surface area contributed by atoms with E-state index in [-0.39, 0.29) is 17.5 Å². The number of unbranched alkanes of at least 4 members (excludes halogenated alkanes) is 2. The van der Waals surface area contributed by atoms with Crippen LogP contribution in [-0.4, -0.2) is 11.6 Å². The lowest BCUT2D eigenvalue weighted by atomic mass is 9.94. The zero-order valence-corrected chi connectivity index (χ0v) is 15.0. The Morgan fingerprint density at radius 3 is 2.24 bits per heavy atom. The second kappa shape index (κ2) is 11.1. The maximum absolute atomic E-state index is 12.1. The van der Waals surface area contributed by atoms with Crippen LogP contribution < -0.4 is 0 Å². The van der Waals surface area contributed by atoms with E-state index < -0.39 is 0 Å². The van der Waals surface area contributed by atoms with Crippen LogP contribution in [-0.2, 0) is 14.6 Å². The minimum atomic E-state index is -0.389. The molecule has 0 aliphatic carbocycles. The highest BCUT2D eigenvalue weighted by atomic mass is 17.2.